The molecule has 1 atom stereocenters. The number of benzene rings is 2. The Morgan fingerprint density at radius 1 is 1.09 bits per heavy atom. The van der Waals surface area contributed by atoms with E-state index < -0.39 is 16.1 Å². The van der Waals surface area contributed by atoms with E-state index >= 15 is 0 Å². The number of nitrogens with zero attached hydrogens (tertiary/aromatic N) is 2. The molecule has 0 amide bonds. The molecular weight excluding hydrogens is 424 g/mol. The van der Waals surface area contributed by atoms with Gasteiger partial charge in [0.05, 0.1) is 29.9 Å². The third-order valence-corrected chi connectivity index (χ3v) is 7.68. The summed E-state index contributed by atoms with van der Waals surface area (Å²) in [7, 11) is -3.74. The predicted molar refractivity (Wildman–Crippen MR) is 129 cm³/mol. The molecule has 2 aromatic carbocycles. The molecule has 0 radical (unpaired) electrons. The van der Waals surface area contributed by atoms with Gasteiger partial charge in [-0.2, -0.15) is 0 Å². The van der Waals surface area contributed by atoms with Gasteiger partial charge >= 0.3 is 0 Å². The van der Waals surface area contributed by atoms with Gasteiger partial charge in [0.15, 0.2) is 0 Å². The van der Waals surface area contributed by atoms with E-state index in [9.17, 15) is 13.5 Å². The molecule has 32 heavy (non-hydrogen) atoms. The van der Waals surface area contributed by atoms with Crippen LogP contribution in [0.3, 0.4) is 0 Å². The van der Waals surface area contributed by atoms with Crippen LogP contribution in [0.25, 0.3) is 0 Å². The second-order valence-corrected chi connectivity index (χ2v) is 10.8. The highest BCUT2D eigenvalue weighted by molar-refractivity contribution is 7.92. The van der Waals surface area contributed by atoms with Crippen LogP contribution in [-0.2, 0) is 21.2 Å². The van der Waals surface area contributed by atoms with Crippen molar-refractivity contribution in [3.8, 4) is 0 Å². The summed E-state index contributed by atoms with van der Waals surface area (Å²) in [6, 6.07) is 12.8. The Morgan fingerprint density at radius 2 is 1.75 bits per heavy atom. The summed E-state index contributed by atoms with van der Waals surface area (Å²) in [5, 5.41) is 10.8. The van der Waals surface area contributed by atoms with Crippen molar-refractivity contribution >= 4 is 15.7 Å². The first-order chi connectivity index (χ1) is 15.2. The van der Waals surface area contributed by atoms with E-state index in [2.05, 4.69) is 11.8 Å². The van der Waals surface area contributed by atoms with Gasteiger partial charge in [0.2, 0.25) is 0 Å². The molecule has 2 aromatic rings. The Hall–Kier alpha value is -1.93. The number of anilines is 1. The van der Waals surface area contributed by atoms with Crippen molar-refractivity contribution in [3.63, 3.8) is 0 Å². The zero-order chi connectivity index (χ0) is 23.3. The fourth-order valence-electron chi connectivity index (χ4n) is 4.01. The zero-order valence-corrected chi connectivity index (χ0v) is 20.4. The third kappa shape index (κ3) is 5.90. The van der Waals surface area contributed by atoms with Crippen LogP contribution in [0.5, 0.6) is 0 Å². The van der Waals surface area contributed by atoms with Crippen molar-refractivity contribution in [2.45, 2.75) is 45.1 Å². The highest BCUT2D eigenvalue weighted by Gasteiger charge is 2.27. The van der Waals surface area contributed by atoms with Gasteiger partial charge in [-0.05, 0) is 60.2 Å². The number of β-amino-alcohol motifs (C(OH)–C–C–N with tert-alkyl or cyclic N) is 1. The second kappa shape index (κ2) is 10.8. The fraction of sp³-hybridized carbons (Fsp3) is 0.520. The molecule has 176 valence electrons. The standard InChI is InChI=1S/C25H36N2O4S/c1-5-21-6-8-22(9-7-21)27(17-19(2)3)32(29,30)23-10-11-24(20(4)16-23)25(28)18-26-12-14-31-15-13-26/h6-11,16,19,25,28H,5,12-15,17-18H2,1-4H3/t25-/m1/s1. The molecule has 0 aliphatic carbocycles. The Bertz CT molecular complexity index is 984. The average molecular weight is 461 g/mol. The second-order valence-electron chi connectivity index (χ2n) is 8.90. The number of sulfonamides is 1. The summed E-state index contributed by atoms with van der Waals surface area (Å²) in [6.45, 7) is 11.8. The topological polar surface area (TPSA) is 70.1 Å². The maximum absolute atomic E-state index is 13.6. The van der Waals surface area contributed by atoms with Crippen LogP contribution in [0.15, 0.2) is 47.4 Å². The summed E-state index contributed by atoms with van der Waals surface area (Å²) in [6.07, 6.45) is 0.239. The molecule has 1 fully saturated rings. The molecule has 0 aromatic heterocycles. The average Bonchev–Trinajstić information content (AvgIpc) is 2.78. The van der Waals surface area contributed by atoms with E-state index in [1.54, 1.807) is 18.2 Å². The summed E-state index contributed by atoms with van der Waals surface area (Å²) in [4.78, 5) is 2.42. The van der Waals surface area contributed by atoms with Gasteiger partial charge < -0.3 is 9.84 Å². The molecule has 1 aliphatic heterocycles. The highest BCUT2D eigenvalue weighted by atomic mass is 32.2. The summed E-state index contributed by atoms with van der Waals surface area (Å²) >= 11 is 0. The number of aryl methyl sites for hydroxylation is 2. The van der Waals surface area contributed by atoms with Crippen molar-refractivity contribution in [2.24, 2.45) is 5.92 Å². The largest absolute Gasteiger partial charge is 0.387 e. The van der Waals surface area contributed by atoms with Crippen LogP contribution >= 0.6 is 0 Å². The minimum atomic E-state index is -3.74. The third-order valence-electron chi connectivity index (χ3n) is 5.89. The van der Waals surface area contributed by atoms with Crippen LogP contribution in [0, 0.1) is 12.8 Å². The molecule has 0 unspecified atom stereocenters. The number of ether oxygens (including phenoxy) is 1. The van der Waals surface area contributed by atoms with Gasteiger partial charge in [-0.1, -0.05) is 39.0 Å². The number of hydrogen-bond donors (Lipinski definition) is 1. The van der Waals surface area contributed by atoms with Gasteiger partial charge in [0.25, 0.3) is 10.0 Å². The summed E-state index contributed by atoms with van der Waals surface area (Å²) < 4.78 is 34.1. The van der Waals surface area contributed by atoms with Crippen molar-refractivity contribution in [1.82, 2.24) is 4.90 Å². The molecule has 6 nitrogen and oxygen atoms in total. The summed E-state index contributed by atoms with van der Waals surface area (Å²) in [5.41, 5.74) is 3.38. The number of rotatable bonds is 9. The van der Waals surface area contributed by atoms with E-state index in [4.69, 9.17) is 4.74 Å². The van der Waals surface area contributed by atoms with Crippen molar-refractivity contribution in [3.05, 3.63) is 59.2 Å². The van der Waals surface area contributed by atoms with Gasteiger partial charge in [-0.15, -0.1) is 0 Å². The monoisotopic (exact) mass is 460 g/mol. The lowest BCUT2D eigenvalue weighted by molar-refractivity contribution is 0.0142. The van der Waals surface area contributed by atoms with Crippen molar-refractivity contribution in [1.29, 1.82) is 0 Å². The van der Waals surface area contributed by atoms with E-state index in [0.717, 1.165) is 30.6 Å². The van der Waals surface area contributed by atoms with Gasteiger partial charge in [-0.25, -0.2) is 8.42 Å². The molecular formula is C25H36N2O4S. The first-order valence-electron chi connectivity index (χ1n) is 11.4. The van der Waals surface area contributed by atoms with Crippen LogP contribution in [-0.4, -0.2) is 57.8 Å². The Morgan fingerprint density at radius 3 is 2.31 bits per heavy atom. The lowest BCUT2D eigenvalue weighted by Crippen LogP contribution is -2.39. The first kappa shape index (κ1) is 24.7. The summed E-state index contributed by atoms with van der Waals surface area (Å²) in [5.74, 6) is 0.173. The minimum Gasteiger partial charge on any atom is -0.387 e. The molecule has 1 heterocycles. The Balaban J connectivity index is 1.86. The number of morpholine rings is 1. The molecule has 7 heteroatoms. The molecule has 1 N–H and O–H groups in total. The minimum absolute atomic E-state index is 0.173. The van der Waals surface area contributed by atoms with Gasteiger partial charge in [0, 0.05) is 26.2 Å². The van der Waals surface area contributed by atoms with Crippen molar-refractivity contribution in [2.75, 3.05) is 43.7 Å². The normalized spacial score (nSPS) is 16.3. The van der Waals surface area contributed by atoms with E-state index in [1.807, 2.05) is 45.0 Å². The lowest BCUT2D eigenvalue weighted by Gasteiger charge is -2.29. The van der Waals surface area contributed by atoms with E-state index in [0.29, 0.717) is 32.0 Å². The maximum Gasteiger partial charge on any atom is 0.264 e. The van der Waals surface area contributed by atoms with Crippen LogP contribution < -0.4 is 4.31 Å². The van der Waals surface area contributed by atoms with E-state index in [1.165, 1.54) is 9.87 Å². The Labute approximate surface area is 192 Å². The molecule has 3 rings (SSSR count). The zero-order valence-electron chi connectivity index (χ0n) is 19.6. The lowest BCUT2D eigenvalue weighted by atomic mass is 10.0. The Kier molecular flexibility index (Phi) is 8.33. The smallest absolute Gasteiger partial charge is 0.264 e. The van der Waals surface area contributed by atoms with Crippen LogP contribution in [0.1, 0.15) is 43.6 Å². The van der Waals surface area contributed by atoms with Crippen molar-refractivity contribution < 1.29 is 18.3 Å². The fourth-order valence-corrected chi connectivity index (χ4v) is 5.72. The van der Waals surface area contributed by atoms with Crippen LogP contribution in [0.2, 0.25) is 0 Å². The molecule has 0 spiro atoms. The molecule has 0 bridgehead atoms. The number of aliphatic hydroxyl groups excluding tert-OH is 1. The highest BCUT2D eigenvalue weighted by Crippen LogP contribution is 2.28. The number of hydrogen-bond acceptors (Lipinski definition) is 5. The molecule has 0 saturated carbocycles. The predicted octanol–water partition coefficient (Wildman–Crippen LogP) is 3.77. The molecule has 1 saturated heterocycles. The van der Waals surface area contributed by atoms with Crippen LogP contribution in [0.4, 0.5) is 5.69 Å². The van der Waals surface area contributed by atoms with Gasteiger partial charge in [-0.3, -0.25) is 9.21 Å². The molecule has 1 aliphatic rings. The quantitative estimate of drug-likeness (QED) is 0.617. The SMILES string of the molecule is CCc1ccc(N(CC(C)C)S(=O)(=O)c2ccc([C@H](O)CN3CCOCC3)c(C)c2)cc1. The first-order valence-corrected chi connectivity index (χ1v) is 12.9. The van der Waals surface area contributed by atoms with E-state index in [-0.39, 0.29) is 10.8 Å². The number of aliphatic hydroxyl groups is 1. The maximum atomic E-state index is 13.6. The van der Waals surface area contributed by atoms with Gasteiger partial charge in [0.1, 0.15) is 0 Å².